The van der Waals surface area contributed by atoms with Crippen molar-refractivity contribution in [1.82, 2.24) is 19.6 Å². The summed E-state index contributed by atoms with van der Waals surface area (Å²) in [5.74, 6) is 0.356. The number of nitrogens with one attached hydrogen (secondary N) is 1. The Kier molecular flexibility index (Phi) is 8.88. The van der Waals surface area contributed by atoms with Crippen LogP contribution in [0.4, 0.5) is 17.3 Å². The van der Waals surface area contributed by atoms with Crippen LogP contribution in [0.15, 0.2) is 59.5 Å². The maximum Gasteiger partial charge on any atom is 0.293 e. The van der Waals surface area contributed by atoms with Gasteiger partial charge in [0.2, 0.25) is 5.95 Å². The highest BCUT2D eigenvalue weighted by atomic mass is 35.5. The van der Waals surface area contributed by atoms with Crippen LogP contribution >= 0.6 is 32.4 Å². The van der Waals surface area contributed by atoms with E-state index in [1.165, 1.54) is 16.8 Å². The molecule has 4 aromatic rings. The zero-order valence-electron chi connectivity index (χ0n) is 21.7. The highest BCUT2D eigenvalue weighted by molar-refractivity contribution is 7.16. The number of hydrogen-bond donors (Lipinski definition) is 1. The molecule has 0 amide bonds. The summed E-state index contributed by atoms with van der Waals surface area (Å²) >= 11 is 12.8. The fourth-order valence-electron chi connectivity index (χ4n) is 4.76. The number of hydrogen-bond acceptors (Lipinski definition) is 7. The molecule has 2 aromatic carbocycles. The van der Waals surface area contributed by atoms with Crippen molar-refractivity contribution >= 4 is 60.8 Å². The first-order chi connectivity index (χ1) is 19.0. The number of nitrogens with zero attached hydrogens (tertiary/aromatic N) is 5. The summed E-state index contributed by atoms with van der Waals surface area (Å²) in [5.41, 5.74) is 2.76. The summed E-state index contributed by atoms with van der Waals surface area (Å²) in [6, 6.07) is 15.1. The molecule has 0 saturated carbocycles. The van der Waals surface area contributed by atoms with Crippen LogP contribution < -0.4 is 20.6 Å². The first-order valence-electron chi connectivity index (χ1n) is 13.0. The van der Waals surface area contributed by atoms with Crippen LogP contribution in [0, 0.1) is 0 Å². The Morgan fingerprint density at radius 1 is 1.05 bits per heavy atom. The van der Waals surface area contributed by atoms with Crippen LogP contribution in [-0.4, -0.2) is 65.1 Å². The van der Waals surface area contributed by atoms with Gasteiger partial charge in [0, 0.05) is 54.7 Å². The molecule has 0 bridgehead atoms. The molecular weight excluding hydrogens is 554 g/mol. The van der Waals surface area contributed by atoms with Crippen molar-refractivity contribution in [2.45, 2.75) is 13.3 Å². The number of benzene rings is 2. The Bertz CT molecular complexity index is 1490. The van der Waals surface area contributed by atoms with E-state index in [1.54, 1.807) is 30.5 Å². The zero-order chi connectivity index (χ0) is 27.4. The van der Waals surface area contributed by atoms with Crippen LogP contribution in [0.3, 0.4) is 0 Å². The maximum atomic E-state index is 13.5. The quantitative estimate of drug-likeness (QED) is 0.266. The SMILES string of the molecule is CCCN1CCN(c2ccc(Nc3ncc4cc(-c5c(Cl)cccc5Cl)c(=O)n(OCCP)c4n3)cc2)CC1. The number of piperazine rings is 1. The summed E-state index contributed by atoms with van der Waals surface area (Å²) in [6.45, 7) is 7.91. The van der Waals surface area contributed by atoms with Gasteiger partial charge in [-0.3, -0.25) is 9.69 Å². The van der Waals surface area contributed by atoms with Gasteiger partial charge in [0.15, 0.2) is 5.65 Å². The molecule has 1 aliphatic heterocycles. The van der Waals surface area contributed by atoms with Crippen molar-refractivity contribution in [2.75, 3.05) is 55.7 Å². The van der Waals surface area contributed by atoms with Crippen LogP contribution in [0.1, 0.15) is 13.3 Å². The summed E-state index contributed by atoms with van der Waals surface area (Å²) in [4.78, 5) is 33.4. The molecule has 0 radical (unpaired) electrons. The summed E-state index contributed by atoms with van der Waals surface area (Å²) in [5, 5.41) is 4.62. The second-order valence-electron chi connectivity index (χ2n) is 9.35. The molecule has 1 fully saturated rings. The number of anilines is 3. The Hall–Kier alpha value is -2.90. The molecule has 11 heteroatoms. The molecule has 3 heterocycles. The largest absolute Gasteiger partial charge is 0.408 e. The molecule has 0 spiro atoms. The van der Waals surface area contributed by atoms with Gasteiger partial charge in [-0.2, -0.15) is 4.98 Å². The number of rotatable bonds is 9. The lowest BCUT2D eigenvalue weighted by atomic mass is 10.1. The highest BCUT2D eigenvalue weighted by Crippen LogP contribution is 2.34. The summed E-state index contributed by atoms with van der Waals surface area (Å²) in [6.07, 6.45) is 3.48. The minimum Gasteiger partial charge on any atom is -0.408 e. The van der Waals surface area contributed by atoms with Crippen LogP contribution in [-0.2, 0) is 0 Å². The van der Waals surface area contributed by atoms with Crippen LogP contribution in [0.2, 0.25) is 10.0 Å². The molecule has 5 rings (SSSR count). The van der Waals surface area contributed by atoms with Crippen molar-refractivity contribution in [3.8, 4) is 11.1 Å². The lowest BCUT2D eigenvalue weighted by Crippen LogP contribution is -2.46. The molecule has 204 valence electrons. The number of pyridine rings is 1. The first-order valence-corrected chi connectivity index (χ1v) is 14.6. The molecule has 39 heavy (non-hydrogen) atoms. The average Bonchev–Trinajstić information content (AvgIpc) is 2.94. The highest BCUT2D eigenvalue weighted by Gasteiger charge is 2.19. The van der Waals surface area contributed by atoms with Gasteiger partial charge in [0.1, 0.15) is 6.61 Å². The van der Waals surface area contributed by atoms with E-state index in [9.17, 15) is 4.79 Å². The predicted octanol–water partition coefficient (Wildman–Crippen LogP) is 5.34. The van der Waals surface area contributed by atoms with Crippen molar-refractivity contribution in [1.29, 1.82) is 0 Å². The lowest BCUT2D eigenvalue weighted by Gasteiger charge is -2.36. The van der Waals surface area contributed by atoms with Crippen LogP contribution in [0.5, 0.6) is 0 Å². The molecular formula is C28H31Cl2N6O2P. The molecule has 2 aromatic heterocycles. The summed E-state index contributed by atoms with van der Waals surface area (Å²) < 4.78 is 1.20. The first kappa shape index (κ1) is 27.7. The van der Waals surface area contributed by atoms with Gasteiger partial charge in [0.25, 0.3) is 5.56 Å². The molecule has 1 unspecified atom stereocenters. The lowest BCUT2D eigenvalue weighted by molar-refractivity contribution is 0.125. The van der Waals surface area contributed by atoms with E-state index in [-0.39, 0.29) is 0 Å². The van der Waals surface area contributed by atoms with Gasteiger partial charge in [-0.25, -0.2) is 4.98 Å². The molecule has 0 aliphatic carbocycles. The molecule has 1 atom stereocenters. The van der Waals surface area contributed by atoms with E-state index in [2.05, 4.69) is 53.4 Å². The van der Waals surface area contributed by atoms with Crippen molar-refractivity contribution in [3.05, 3.63) is 75.1 Å². The van der Waals surface area contributed by atoms with E-state index in [1.807, 2.05) is 12.1 Å². The van der Waals surface area contributed by atoms with E-state index < -0.39 is 5.56 Å². The Labute approximate surface area is 240 Å². The fraction of sp³-hybridized carbons (Fsp3) is 0.321. The number of halogens is 2. The predicted molar refractivity (Wildman–Crippen MR) is 164 cm³/mol. The summed E-state index contributed by atoms with van der Waals surface area (Å²) in [7, 11) is 2.58. The van der Waals surface area contributed by atoms with E-state index in [4.69, 9.17) is 28.0 Å². The standard InChI is InChI=1S/C28H31Cl2N6O2P/c1-2-10-34-11-13-35(14-12-34)21-8-6-20(7-9-21)32-28-31-18-19-17-22(25-23(29)4-3-5-24(25)30)27(37)36(26(19)33-28)38-15-16-39/h3-9,17-18H,2,10-16,39H2,1H3,(H,31,32,33). The van der Waals surface area contributed by atoms with Crippen molar-refractivity contribution in [2.24, 2.45) is 0 Å². The normalized spacial score (nSPS) is 14.1. The third-order valence-electron chi connectivity index (χ3n) is 6.67. The Balaban J connectivity index is 1.42. The fourth-order valence-corrected chi connectivity index (χ4v) is 5.46. The third-order valence-corrected chi connectivity index (χ3v) is 7.54. The molecule has 1 saturated heterocycles. The maximum absolute atomic E-state index is 13.5. The smallest absolute Gasteiger partial charge is 0.293 e. The topological polar surface area (TPSA) is 75.5 Å². The second kappa shape index (κ2) is 12.5. The third kappa shape index (κ3) is 6.15. The van der Waals surface area contributed by atoms with Gasteiger partial charge in [-0.15, -0.1) is 14.0 Å². The van der Waals surface area contributed by atoms with Crippen LogP contribution in [0.25, 0.3) is 22.2 Å². The molecule has 1 aliphatic rings. The Morgan fingerprint density at radius 3 is 2.44 bits per heavy atom. The van der Waals surface area contributed by atoms with Gasteiger partial charge in [0.05, 0.1) is 15.6 Å². The van der Waals surface area contributed by atoms with E-state index >= 15 is 0 Å². The Morgan fingerprint density at radius 2 is 1.77 bits per heavy atom. The monoisotopic (exact) mass is 584 g/mol. The minimum atomic E-state index is -0.399. The van der Waals surface area contributed by atoms with E-state index in [0.29, 0.717) is 50.9 Å². The van der Waals surface area contributed by atoms with Crippen molar-refractivity contribution < 1.29 is 4.84 Å². The van der Waals surface area contributed by atoms with Gasteiger partial charge in [-0.05, 0) is 61.6 Å². The average molecular weight is 585 g/mol. The second-order valence-corrected chi connectivity index (χ2v) is 10.7. The zero-order valence-corrected chi connectivity index (χ0v) is 24.4. The van der Waals surface area contributed by atoms with Gasteiger partial charge >= 0.3 is 0 Å². The van der Waals surface area contributed by atoms with E-state index in [0.717, 1.165) is 38.4 Å². The number of aromatic nitrogens is 3. The van der Waals surface area contributed by atoms with Crippen molar-refractivity contribution in [3.63, 3.8) is 0 Å². The minimum absolute atomic E-state index is 0.306. The molecule has 1 N–H and O–H groups in total. The van der Waals surface area contributed by atoms with Gasteiger partial charge in [-0.1, -0.05) is 36.2 Å². The number of fused-ring (bicyclic) bond motifs is 1. The van der Waals surface area contributed by atoms with Gasteiger partial charge < -0.3 is 15.1 Å². The molecule has 8 nitrogen and oxygen atoms in total.